The van der Waals surface area contributed by atoms with Gasteiger partial charge in [-0.15, -0.1) is 0 Å². The Morgan fingerprint density at radius 3 is 2.76 bits per heavy atom. The molecule has 0 bridgehead atoms. The highest BCUT2D eigenvalue weighted by atomic mass is 16.1. The summed E-state index contributed by atoms with van der Waals surface area (Å²) in [6.07, 6.45) is 0.611. The number of rotatable bonds is 1. The van der Waals surface area contributed by atoms with E-state index in [4.69, 9.17) is 0 Å². The fourth-order valence-corrected chi connectivity index (χ4v) is 2.49. The predicted octanol–water partition coefficient (Wildman–Crippen LogP) is 1.09. The zero-order chi connectivity index (χ0) is 11.7. The van der Waals surface area contributed by atoms with Crippen LogP contribution < -0.4 is 15.5 Å². The van der Waals surface area contributed by atoms with E-state index in [2.05, 4.69) is 27.7 Å². The number of piperazine rings is 1. The molecule has 0 aromatic heterocycles. The molecule has 2 N–H and O–H groups in total. The number of carbonyl (C=O) groups is 1. The van der Waals surface area contributed by atoms with Gasteiger partial charge < -0.3 is 15.5 Å². The summed E-state index contributed by atoms with van der Waals surface area (Å²) in [5.41, 5.74) is 3.06. The lowest BCUT2D eigenvalue weighted by Crippen LogP contribution is -2.43. The molecule has 90 valence electrons. The summed E-state index contributed by atoms with van der Waals surface area (Å²) in [5, 5.41) is 6.65. The SMILES string of the molecule is O=C1CCNc2cc(N3CCNCC3)ccc21. The van der Waals surface area contributed by atoms with Gasteiger partial charge in [0.05, 0.1) is 0 Å². The average Bonchev–Trinajstić information content (AvgIpc) is 2.40. The molecule has 0 unspecified atom stereocenters. The number of hydrogen-bond acceptors (Lipinski definition) is 4. The number of fused-ring (bicyclic) bond motifs is 1. The molecule has 0 saturated carbocycles. The Labute approximate surface area is 101 Å². The molecule has 2 heterocycles. The second kappa shape index (κ2) is 4.37. The third-order valence-corrected chi connectivity index (χ3v) is 3.45. The fraction of sp³-hybridized carbons (Fsp3) is 0.462. The molecule has 3 rings (SSSR count). The third kappa shape index (κ3) is 2.00. The number of benzene rings is 1. The largest absolute Gasteiger partial charge is 0.384 e. The lowest BCUT2D eigenvalue weighted by atomic mass is 10.0. The summed E-state index contributed by atoms with van der Waals surface area (Å²) in [6, 6.07) is 6.13. The van der Waals surface area contributed by atoms with Crippen molar-refractivity contribution in [3.05, 3.63) is 23.8 Å². The van der Waals surface area contributed by atoms with Crippen LogP contribution in [-0.2, 0) is 0 Å². The van der Waals surface area contributed by atoms with Crippen molar-refractivity contribution in [2.45, 2.75) is 6.42 Å². The molecule has 0 atom stereocenters. The Morgan fingerprint density at radius 2 is 1.94 bits per heavy atom. The minimum atomic E-state index is 0.255. The highest BCUT2D eigenvalue weighted by Crippen LogP contribution is 2.27. The molecule has 0 spiro atoms. The molecular formula is C13H17N3O. The highest BCUT2D eigenvalue weighted by Gasteiger charge is 2.18. The van der Waals surface area contributed by atoms with E-state index in [1.165, 1.54) is 5.69 Å². The van der Waals surface area contributed by atoms with Crippen LogP contribution in [0.2, 0.25) is 0 Å². The number of carbonyl (C=O) groups excluding carboxylic acids is 1. The van der Waals surface area contributed by atoms with E-state index in [0.29, 0.717) is 6.42 Å². The van der Waals surface area contributed by atoms with Crippen molar-refractivity contribution < 1.29 is 4.79 Å². The number of Topliss-reactive ketones (excluding diaryl/α,β-unsaturated/α-hetero) is 1. The van der Waals surface area contributed by atoms with Gasteiger partial charge in [-0.3, -0.25) is 4.79 Å². The molecule has 0 radical (unpaired) electrons. The Kier molecular flexibility index (Phi) is 2.73. The molecule has 17 heavy (non-hydrogen) atoms. The van der Waals surface area contributed by atoms with Crippen molar-refractivity contribution in [1.29, 1.82) is 0 Å². The Hall–Kier alpha value is -1.55. The van der Waals surface area contributed by atoms with Crippen molar-refractivity contribution in [2.75, 3.05) is 42.9 Å². The molecule has 1 aromatic rings. The van der Waals surface area contributed by atoms with Crippen LogP contribution in [-0.4, -0.2) is 38.5 Å². The molecule has 1 saturated heterocycles. The van der Waals surface area contributed by atoms with Gasteiger partial charge in [-0.1, -0.05) is 0 Å². The zero-order valence-electron chi connectivity index (χ0n) is 9.83. The molecule has 1 aromatic carbocycles. The lowest BCUT2D eigenvalue weighted by Gasteiger charge is -2.30. The van der Waals surface area contributed by atoms with Crippen LogP contribution in [0.3, 0.4) is 0 Å². The molecular weight excluding hydrogens is 214 g/mol. The van der Waals surface area contributed by atoms with E-state index in [1.54, 1.807) is 0 Å². The van der Waals surface area contributed by atoms with Gasteiger partial charge in [-0.2, -0.15) is 0 Å². The number of ketones is 1. The van der Waals surface area contributed by atoms with Crippen LogP contribution in [0.15, 0.2) is 18.2 Å². The van der Waals surface area contributed by atoms with Crippen LogP contribution in [0.5, 0.6) is 0 Å². The highest BCUT2D eigenvalue weighted by molar-refractivity contribution is 6.03. The van der Waals surface area contributed by atoms with Gasteiger partial charge >= 0.3 is 0 Å². The fourth-order valence-electron chi connectivity index (χ4n) is 2.49. The predicted molar refractivity (Wildman–Crippen MR) is 69.0 cm³/mol. The summed E-state index contributed by atoms with van der Waals surface area (Å²) in [4.78, 5) is 14.1. The van der Waals surface area contributed by atoms with E-state index in [1.807, 2.05) is 6.07 Å². The van der Waals surface area contributed by atoms with Crippen molar-refractivity contribution >= 4 is 17.2 Å². The Bertz CT molecular complexity index is 438. The zero-order valence-corrected chi connectivity index (χ0v) is 9.83. The number of anilines is 2. The molecule has 4 heteroatoms. The third-order valence-electron chi connectivity index (χ3n) is 3.45. The van der Waals surface area contributed by atoms with Crippen molar-refractivity contribution in [3.8, 4) is 0 Å². The topological polar surface area (TPSA) is 44.4 Å². The normalized spacial score (nSPS) is 19.8. The smallest absolute Gasteiger partial charge is 0.166 e. The second-order valence-electron chi connectivity index (χ2n) is 4.57. The van der Waals surface area contributed by atoms with Crippen molar-refractivity contribution in [1.82, 2.24) is 5.32 Å². The minimum absolute atomic E-state index is 0.255. The molecule has 0 aliphatic carbocycles. The van der Waals surface area contributed by atoms with E-state index < -0.39 is 0 Å². The number of nitrogens with zero attached hydrogens (tertiary/aromatic N) is 1. The van der Waals surface area contributed by atoms with Crippen LogP contribution in [0, 0.1) is 0 Å². The van der Waals surface area contributed by atoms with Gasteiger partial charge in [0, 0.05) is 56.1 Å². The van der Waals surface area contributed by atoms with Gasteiger partial charge in [-0.25, -0.2) is 0 Å². The first-order chi connectivity index (χ1) is 8.34. The quantitative estimate of drug-likeness (QED) is 0.759. The molecule has 2 aliphatic rings. The van der Waals surface area contributed by atoms with Gasteiger partial charge in [-0.05, 0) is 18.2 Å². The number of nitrogens with one attached hydrogen (secondary N) is 2. The van der Waals surface area contributed by atoms with E-state index >= 15 is 0 Å². The van der Waals surface area contributed by atoms with Gasteiger partial charge in [0.2, 0.25) is 0 Å². The summed E-state index contributed by atoms with van der Waals surface area (Å²) in [5.74, 6) is 0.255. The lowest BCUT2D eigenvalue weighted by molar-refractivity contribution is 0.0984. The maximum atomic E-state index is 11.7. The summed E-state index contributed by atoms with van der Waals surface area (Å²) < 4.78 is 0. The van der Waals surface area contributed by atoms with Gasteiger partial charge in [0.15, 0.2) is 5.78 Å². The van der Waals surface area contributed by atoms with Crippen LogP contribution >= 0.6 is 0 Å². The van der Waals surface area contributed by atoms with Crippen molar-refractivity contribution in [2.24, 2.45) is 0 Å². The number of hydrogen-bond donors (Lipinski definition) is 2. The maximum absolute atomic E-state index is 11.7. The molecule has 0 amide bonds. The van der Waals surface area contributed by atoms with Gasteiger partial charge in [0.1, 0.15) is 0 Å². The van der Waals surface area contributed by atoms with E-state index in [-0.39, 0.29) is 5.78 Å². The standard InChI is InChI=1S/C13H17N3O/c17-13-3-4-15-12-9-10(1-2-11(12)13)16-7-5-14-6-8-16/h1-2,9,14-15H,3-8H2. The summed E-state index contributed by atoms with van der Waals surface area (Å²) in [7, 11) is 0. The Balaban J connectivity index is 1.89. The minimum Gasteiger partial charge on any atom is -0.384 e. The Morgan fingerprint density at radius 1 is 1.12 bits per heavy atom. The first-order valence-electron chi connectivity index (χ1n) is 6.21. The summed E-state index contributed by atoms with van der Waals surface area (Å²) in [6.45, 7) is 4.89. The van der Waals surface area contributed by atoms with Crippen molar-refractivity contribution in [3.63, 3.8) is 0 Å². The molecule has 1 fully saturated rings. The van der Waals surface area contributed by atoms with Gasteiger partial charge in [0.25, 0.3) is 0 Å². The van der Waals surface area contributed by atoms with Crippen LogP contribution in [0.25, 0.3) is 0 Å². The first kappa shape index (κ1) is 10.6. The average molecular weight is 231 g/mol. The van der Waals surface area contributed by atoms with E-state index in [9.17, 15) is 4.79 Å². The maximum Gasteiger partial charge on any atom is 0.166 e. The summed E-state index contributed by atoms with van der Waals surface area (Å²) >= 11 is 0. The monoisotopic (exact) mass is 231 g/mol. The van der Waals surface area contributed by atoms with Crippen LogP contribution in [0.1, 0.15) is 16.8 Å². The molecule has 2 aliphatic heterocycles. The molecule has 4 nitrogen and oxygen atoms in total. The second-order valence-corrected chi connectivity index (χ2v) is 4.57. The van der Waals surface area contributed by atoms with Crippen LogP contribution in [0.4, 0.5) is 11.4 Å². The first-order valence-corrected chi connectivity index (χ1v) is 6.21. The van der Waals surface area contributed by atoms with E-state index in [0.717, 1.165) is 44.0 Å².